The van der Waals surface area contributed by atoms with E-state index < -0.39 is 29.6 Å². The van der Waals surface area contributed by atoms with Crippen LogP contribution in [0.4, 0.5) is 15.8 Å². The van der Waals surface area contributed by atoms with Crippen LogP contribution in [-0.2, 0) is 9.59 Å². The van der Waals surface area contributed by atoms with Crippen molar-refractivity contribution < 1.29 is 23.9 Å². The number of para-hydroxylation sites is 1. The molecule has 0 radical (unpaired) electrons. The first-order chi connectivity index (χ1) is 11.5. The van der Waals surface area contributed by atoms with E-state index in [-0.39, 0.29) is 23.4 Å². The maximum Gasteiger partial charge on any atom is 0.335 e. The summed E-state index contributed by atoms with van der Waals surface area (Å²) in [6.07, 6.45) is -0.103. The minimum atomic E-state index is -1.10. The number of nitrogens with zero attached hydrogens (tertiary/aromatic N) is 1. The zero-order valence-electron chi connectivity index (χ0n) is 12.4. The number of hydrogen-bond acceptors (Lipinski definition) is 4. The number of carbonyl (C=O) groups excluding carboxylic acids is 2. The van der Waals surface area contributed by atoms with Crippen LogP contribution >= 0.6 is 0 Å². The second-order valence-electron chi connectivity index (χ2n) is 5.30. The molecule has 0 aromatic heterocycles. The van der Waals surface area contributed by atoms with Gasteiger partial charge in [0.25, 0.3) is 5.91 Å². The Morgan fingerprint density at radius 3 is 2.42 bits per heavy atom. The standard InChI is InChI=1S/C17H13FN2O4/c18-12-3-1-2-4-13(12)19-14-9-15(21)20(16(14)22)11-7-5-10(6-8-11)17(23)24/h1-8,14,19H,9H2,(H,23,24)/t14-/m0/s1. The molecule has 3 rings (SSSR count). The van der Waals surface area contributed by atoms with Gasteiger partial charge < -0.3 is 10.4 Å². The average molecular weight is 328 g/mol. The van der Waals surface area contributed by atoms with Crippen molar-refractivity contribution in [3.8, 4) is 0 Å². The van der Waals surface area contributed by atoms with Crippen molar-refractivity contribution >= 4 is 29.2 Å². The van der Waals surface area contributed by atoms with Gasteiger partial charge in [-0.3, -0.25) is 9.59 Å². The van der Waals surface area contributed by atoms with E-state index in [1.54, 1.807) is 6.07 Å². The van der Waals surface area contributed by atoms with Gasteiger partial charge in [0.05, 0.1) is 23.4 Å². The molecule has 0 unspecified atom stereocenters. The van der Waals surface area contributed by atoms with Crippen molar-refractivity contribution in [2.45, 2.75) is 12.5 Å². The Morgan fingerprint density at radius 1 is 1.12 bits per heavy atom. The van der Waals surface area contributed by atoms with E-state index in [2.05, 4.69) is 5.32 Å². The maximum atomic E-state index is 13.7. The van der Waals surface area contributed by atoms with Crippen LogP contribution < -0.4 is 10.2 Å². The molecule has 6 nitrogen and oxygen atoms in total. The van der Waals surface area contributed by atoms with Crippen LogP contribution in [0.15, 0.2) is 48.5 Å². The largest absolute Gasteiger partial charge is 0.478 e. The number of benzene rings is 2. The van der Waals surface area contributed by atoms with Gasteiger partial charge in [0.2, 0.25) is 5.91 Å². The highest BCUT2D eigenvalue weighted by Crippen LogP contribution is 2.26. The molecule has 0 bridgehead atoms. The van der Waals surface area contributed by atoms with Gasteiger partial charge in [-0.2, -0.15) is 0 Å². The molecule has 0 spiro atoms. The van der Waals surface area contributed by atoms with Gasteiger partial charge in [-0.25, -0.2) is 14.1 Å². The molecular weight excluding hydrogens is 315 g/mol. The van der Waals surface area contributed by atoms with Crippen molar-refractivity contribution in [2.24, 2.45) is 0 Å². The van der Waals surface area contributed by atoms with Crippen LogP contribution in [0.25, 0.3) is 0 Å². The predicted molar refractivity (Wildman–Crippen MR) is 84.3 cm³/mol. The van der Waals surface area contributed by atoms with E-state index in [1.165, 1.54) is 42.5 Å². The fourth-order valence-electron chi connectivity index (χ4n) is 2.54. The lowest BCUT2D eigenvalue weighted by molar-refractivity contribution is -0.121. The Morgan fingerprint density at radius 2 is 1.79 bits per heavy atom. The molecule has 1 saturated heterocycles. The van der Waals surface area contributed by atoms with Gasteiger partial charge >= 0.3 is 5.97 Å². The monoisotopic (exact) mass is 328 g/mol. The van der Waals surface area contributed by atoms with Gasteiger partial charge in [0, 0.05) is 0 Å². The number of aromatic carboxylic acids is 1. The minimum absolute atomic E-state index is 0.0545. The Balaban J connectivity index is 1.81. The zero-order valence-corrected chi connectivity index (χ0v) is 12.4. The van der Waals surface area contributed by atoms with Crippen molar-refractivity contribution in [2.75, 3.05) is 10.2 Å². The van der Waals surface area contributed by atoms with Gasteiger partial charge in [0.15, 0.2) is 0 Å². The smallest absolute Gasteiger partial charge is 0.335 e. The molecular formula is C17H13FN2O4. The molecule has 2 N–H and O–H groups in total. The molecule has 1 fully saturated rings. The number of hydrogen-bond donors (Lipinski definition) is 2. The van der Waals surface area contributed by atoms with E-state index >= 15 is 0 Å². The van der Waals surface area contributed by atoms with E-state index in [9.17, 15) is 18.8 Å². The zero-order chi connectivity index (χ0) is 17.3. The van der Waals surface area contributed by atoms with Gasteiger partial charge in [-0.05, 0) is 36.4 Å². The summed E-state index contributed by atoms with van der Waals surface area (Å²) in [5.41, 5.74) is 0.485. The number of anilines is 2. The molecule has 2 aromatic rings. The van der Waals surface area contributed by atoms with E-state index in [4.69, 9.17) is 5.11 Å². The molecule has 2 amide bonds. The topological polar surface area (TPSA) is 86.7 Å². The summed E-state index contributed by atoms with van der Waals surface area (Å²) >= 11 is 0. The average Bonchev–Trinajstić information content (AvgIpc) is 2.84. The first kappa shape index (κ1) is 15.7. The number of nitrogens with one attached hydrogen (secondary N) is 1. The first-order valence-electron chi connectivity index (χ1n) is 7.18. The van der Waals surface area contributed by atoms with Crippen LogP contribution in [0.5, 0.6) is 0 Å². The fourth-order valence-corrected chi connectivity index (χ4v) is 2.54. The highest BCUT2D eigenvalue weighted by atomic mass is 19.1. The number of amides is 2. The molecule has 1 aliphatic rings. The number of halogens is 1. The second kappa shape index (κ2) is 6.11. The normalized spacial score (nSPS) is 17.2. The molecule has 1 aliphatic heterocycles. The van der Waals surface area contributed by atoms with Crippen molar-refractivity contribution in [3.05, 3.63) is 59.9 Å². The third kappa shape index (κ3) is 2.83. The summed E-state index contributed by atoms with van der Waals surface area (Å²) in [6, 6.07) is 10.4. The lowest BCUT2D eigenvalue weighted by Gasteiger charge is -2.16. The van der Waals surface area contributed by atoms with Crippen LogP contribution in [0.2, 0.25) is 0 Å². The van der Waals surface area contributed by atoms with Crippen molar-refractivity contribution in [3.63, 3.8) is 0 Å². The molecule has 122 valence electrons. The molecule has 2 aromatic carbocycles. The molecule has 1 heterocycles. The Bertz CT molecular complexity index is 820. The number of carboxylic acid groups (broad SMARTS) is 1. The Labute approximate surface area is 136 Å². The van der Waals surface area contributed by atoms with Gasteiger partial charge in [0.1, 0.15) is 11.9 Å². The summed E-state index contributed by atoms with van der Waals surface area (Å²) in [4.78, 5) is 36.4. The minimum Gasteiger partial charge on any atom is -0.478 e. The predicted octanol–water partition coefficient (Wildman–Crippen LogP) is 2.27. The summed E-state index contributed by atoms with van der Waals surface area (Å²) in [6.45, 7) is 0. The lowest BCUT2D eigenvalue weighted by Crippen LogP contribution is -2.35. The van der Waals surface area contributed by atoms with Crippen LogP contribution in [0, 0.1) is 5.82 Å². The number of rotatable bonds is 4. The fraction of sp³-hybridized carbons (Fsp3) is 0.118. The number of carbonyl (C=O) groups is 3. The second-order valence-corrected chi connectivity index (χ2v) is 5.30. The maximum absolute atomic E-state index is 13.7. The van der Waals surface area contributed by atoms with E-state index in [1.807, 2.05) is 0 Å². The molecule has 0 aliphatic carbocycles. The molecule has 1 atom stereocenters. The summed E-state index contributed by atoms with van der Waals surface area (Å²) in [7, 11) is 0. The highest BCUT2D eigenvalue weighted by Gasteiger charge is 2.39. The Kier molecular flexibility index (Phi) is 3.99. The quantitative estimate of drug-likeness (QED) is 0.841. The van der Waals surface area contributed by atoms with Crippen LogP contribution in [-0.4, -0.2) is 28.9 Å². The molecule has 0 saturated carbocycles. The summed E-state index contributed by atoms with van der Waals surface area (Å²) in [5, 5.41) is 11.6. The third-order valence-electron chi connectivity index (χ3n) is 3.72. The number of imide groups is 1. The lowest BCUT2D eigenvalue weighted by atomic mass is 10.2. The van der Waals surface area contributed by atoms with Gasteiger partial charge in [-0.1, -0.05) is 12.1 Å². The number of carboxylic acids is 1. The van der Waals surface area contributed by atoms with Crippen LogP contribution in [0.3, 0.4) is 0 Å². The SMILES string of the molecule is O=C(O)c1ccc(N2C(=O)C[C@H](Nc3ccccc3F)C2=O)cc1. The summed E-state index contributed by atoms with van der Waals surface area (Å²) < 4.78 is 13.7. The third-order valence-corrected chi connectivity index (χ3v) is 3.72. The van der Waals surface area contributed by atoms with E-state index in [0.717, 1.165) is 4.90 Å². The Hall–Kier alpha value is -3.22. The van der Waals surface area contributed by atoms with Crippen LogP contribution in [0.1, 0.15) is 16.8 Å². The first-order valence-corrected chi connectivity index (χ1v) is 7.18. The van der Waals surface area contributed by atoms with Crippen molar-refractivity contribution in [1.29, 1.82) is 0 Å². The van der Waals surface area contributed by atoms with Gasteiger partial charge in [-0.15, -0.1) is 0 Å². The van der Waals surface area contributed by atoms with E-state index in [0.29, 0.717) is 0 Å². The molecule has 24 heavy (non-hydrogen) atoms. The highest BCUT2D eigenvalue weighted by molar-refractivity contribution is 6.23. The van der Waals surface area contributed by atoms with Crippen molar-refractivity contribution in [1.82, 2.24) is 0 Å². The summed E-state index contributed by atoms with van der Waals surface area (Å²) in [5.74, 6) is -2.55. The molecule has 7 heteroatoms.